The largest absolute Gasteiger partial charge is 0.489 e. The van der Waals surface area contributed by atoms with E-state index in [4.69, 9.17) is 9.47 Å². The van der Waals surface area contributed by atoms with Gasteiger partial charge in [-0.2, -0.15) is 0 Å². The fourth-order valence-corrected chi connectivity index (χ4v) is 4.49. The van der Waals surface area contributed by atoms with Gasteiger partial charge < -0.3 is 9.47 Å². The molecule has 0 aromatic carbocycles. The maximum atomic E-state index is 6.38. The van der Waals surface area contributed by atoms with Crippen molar-refractivity contribution in [2.45, 2.75) is 38.0 Å². The zero-order valence-electron chi connectivity index (χ0n) is 13.9. The van der Waals surface area contributed by atoms with Gasteiger partial charge in [0.2, 0.25) is 0 Å². The highest BCUT2D eigenvalue weighted by Crippen LogP contribution is 2.40. The molecule has 0 bridgehead atoms. The van der Waals surface area contributed by atoms with Crippen molar-refractivity contribution in [3.63, 3.8) is 0 Å². The number of hydrogen-bond donors (Lipinski definition) is 0. The fourth-order valence-electron chi connectivity index (χ4n) is 3.85. The summed E-state index contributed by atoms with van der Waals surface area (Å²) in [6.45, 7) is 5.97. The van der Waals surface area contributed by atoms with Gasteiger partial charge >= 0.3 is 0 Å². The maximum Gasteiger partial charge on any atom is 0.137 e. The minimum absolute atomic E-state index is 0.203. The summed E-state index contributed by atoms with van der Waals surface area (Å²) in [5, 5.41) is 0. The van der Waals surface area contributed by atoms with Crippen LogP contribution in [0, 0.1) is 5.92 Å². The number of fused-ring (bicyclic) bond motifs is 1. The third-order valence-corrected chi connectivity index (χ3v) is 5.68. The molecule has 0 saturated carbocycles. The van der Waals surface area contributed by atoms with Crippen LogP contribution in [0.3, 0.4) is 0 Å². The molecule has 2 aromatic rings. The summed E-state index contributed by atoms with van der Waals surface area (Å²) in [6, 6.07) is 3.83. The first-order valence-corrected chi connectivity index (χ1v) is 9.39. The number of piperidine rings is 1. The highest BCUT2D eigenvalue weighted by molar-refractivity contribution is 7.09. The van der Waals surface area contributed by atoms with Gasteiger partial charge in [0.05, 0.1) is 17.8 Å². The molecule has 0 radical (unpaired) electrons. The monoisotopic (exact) mass is 345 g/mol. The Morgan fingerprint density at radius 2 is 2.38 bits per heavy atom. The average Bonchev–Trinajstić information content (AvgIpc) is 3.21. The number of thiazole rings is 1. The molecule has 2 aliphatic rings. The van der Waals surface area contributed by atoms with Crippen LogP contribution in [0.15, 0.2) is 36.2 Å². The highest BCUT2D eigenvalue weighted by Gasteiger charge is 2.46. The minimum atomic E-state index is -0.203. The zero-order chi connectivity index (χ0) is 16.4. The zero-order valence-corrected chi connectivity index (χ0v) is 14.7. The molecule has 3 atom stereocenters. The summed E-state index contributed by atoms with van der Waals surface area (Å²) in [5.41, 5.74) is 1.71. The number of aromatic nitrogens is 2. The van der Waals surface area contributed by atoms with Gasteiger partial charge in [-0.1, -0.05) is 0 Å². The van der Waals surface area contributed by atoms with Crippen molar-refractivity contribution < 1.29 is 9.47 Å². The van der Waals surface area contributed by atoms with Gasteiger partial charge in [-0.05, 0) is 31.9 Å². The van der Waals surface area contributed by atoms with Crippen LogP contribution in [-0.2, 0) is 11.3 Å². The minimum Gasteiger partial charge on any atom is -0.489 e. The van der Waals surface area contributed by atoms with Crippen LogP contribution in [0.4, 0.5) is 0 Å². The van der Waals surface area contributed by atoms with Gasteiger partial charge in [0.15, 0.2) is 0 Å². The maximum absolute atomic E-state index is 6.38. The number of nitrogens with zero attached hydrogens (tertiary/aromatic N) is 3. The van der Waals surface area contributed by atoms with Crippen molar-refractivity contribution in [2.24, 2.45) is 5.92 Å². The molecule has 0 unspecified atom stereocenters. The van der Waals surface area contributed by atoms with E-state index in [1.54, 1.807) is 23.7 Å². The first kappa shape index (κ1) is 16.0. The van der Waals surface area contributed by atoms with E-state index >= 15 is 0 Å². The van der Waals surface area contributed by atoms with Gasteiger partial charge in [-0.15, -0.1) is 11.3 Å². The molecular weight excluding hydrogens is 322 g/mol. The Morgan fingerprint density at radius 3 is 3.17 bits per heavy atom. The van der Waals surface area contributed by atoms with Crippen LogP contribution in [0.25, 0.3) is 0 Å². The second-order valence-corrected chi connectivity index (χ2v) is 8.01. The lowest BCUT2D eigenvalue weighted by Crippen LogP contribution is -2.40. The first-order valence-electron chi connectivity index (χ1n) is 8.51. The van der Waals surface area contributed by atoms with Crippen LogP contribution >= 0.6 is 11.3 Å². The molecule has 5 nitrogen and oxygen atoms in total. The molecule has 0 aliphatic carbocycles. The molecule has 4 heterocycles. The normalized spacial score (nSPS) is 30.2. The van der Waals surface area contributed by atoms with Crippen LogP contribution in [0.1, 0.15) is 24.6 Å². The standard InChI is InChI=1S/C18H23N3O2S/c1-18(12-22-15-3-2-5-19-8-15)7-14-10-21(6-4-17(14)23-18)11-16-9-20-13-24-16/h2-3,5,8-9,13-14,17H,4,6-7,10-12H2,1H3/t14-,17+,18-/m1/s1. The van der Waals surface area contributed by atoms with E-state index in [0.717, 1.165) is 38.2 Å². The van der Waals surface area contributed by atoms with E-state index in [2.05, 4.69) is 21.8 Å². The second-order valence-electron chi connectivity index (χ2n) is 7.04. The third-order valence-electron chi connectivity index (χ3n) is 4.92. The molecule has 4 rings (SSSR count). The summed E-state index contributed by atoms with van der Waals surface area (Å²) in [5.74, 6) is 1.40. The van der Waals surface area contributed by atoms with Crippen LogP contribution in [0.5, 0.6) is 5.75 Å². The van der Waals surface area contributed by atoms with E-state index in [0.29, 0.717) is 18.6 Å². The van der Waals surface area contributed by atoms with Crippen molar-refractivity contribution in [2.75, 3.05) is 19.7 Å². The Bertz CT molecular complexity index is 652. The van der Waals surface area contributed by atoms with Gasteiger partial charge in [0.25, 0.3) is 0 Å². The summed E-state index contributed by atoms with van der Waals surface area (Å²) in [4.78, 5) is 12.1. The van der Waals surface area contributed by atoms with Crippen LogP contribution in [0.2, 0.25) is 0 Å². The lowest BCUT2D eigenvalue weighted by molar-refractivity contribution is -0.0697. The summed E-state index contributed by atoms with van der Waals surface area (Å²) in [6.07, 6.45) is 8.01. The lowest BCUT2D eigenvalue weighted by atomic mass is 9.89. The van der Waals surface area contributed by atoms with E-state index < -0.39 is 0 Å². The van der Waals surface area contributed by atoms with E-state index in [1.165, 1.54) is 4.88 Å². The van der Waals surface area contributed by atoms with Gasteiger partial charge in [-0.3, -0.25) is 14.9 Å². The molecule has 6 heteroatoms. The fraction of sp³-hybridized carbons (Fsp3) is 0.556. The molecular formula is C18H23N3O2S. The van der Waals surface area contributed by atoms with Crippen LogP contribution < -0.4 is 4.74 Å². The Balaban J connectivity index is 1.33. The van der Waals surface area contributed by atoms with E-state index in [-0.39, 0.29) is 5.60 Å². The predicted octanol–water partition coefficient (Wildman–Crippen LogP) is 2.99. The van der Waals surface area contributed by atoms with Crippen molar-refractivity contribution in [1.82, 2.24) is 14.9 Å². The van der Waals surface area contributed by atoms with Gasteiger partial charge in [0.1, 0.15) is 18.0 Å². The number of pyridine rings is 1. The van der Waals surface area contributed by atoms with Crippen molar-refractivity contribution >= 4 is 11.3 Å². The third kappa shape index (κ3) is 3.61. The summed E-state index contributed by atoms with van der Waals surface area (Å²) >= 11 is 1.74. The summed E-state index contributed by atoms with van der Waals surface area (Å²) < 4.78 is 12.3. The SMILES string of the molecule is C[C@]1(COc2cccnc2)C[C@@H]2CN(Cc3cncs3)CC[C@@H]2O1. The van der Waals surface area contributed by atoms with Gasteiger partial charge in [-0.25, -0.2) is 0 Å². The number of likely N-dealkylation sites (tertiary alicyclic amines) is 1. The quantitative estimate of drug-likeness (QED) is 0.834. The van der Waals surface area contributed by atoms with Crippen LogP contribution in [-0.4, -0.2) is 46.3 Å². The second kappa shape index (κ2) is 6.78. The van der Waals surface area contributed by atoms with Crippen molar-refractivity contribution in [1.29, 1.82) is 0 Å². The topological polar surface area (TPSA) is 47.5 Å². The predicted molar refractivity (Wildman–Crippen MR) is 93.1 cm³/mol. The van der Waals surface area contributed by atoms with Crippen molar-refractivity contribution in [3.05, 3.63) is 41.1 Å². The average molecular weight is 345 g/mol. The van der Waals surface area contributed by atoms with E-state index in [9.17, 15) is 0 Å². The number of hydrogen-bond acceptors (Lipinski definition) is 6. The Labute approximate surface area is 146 Å². The Hall–Kier alpha value is -1.50. The molecule has 0 spiro atoms. The number of rotatable bonds is 5. The van der Waals surface area contributed by atoms with Crippen molar-refractivity contribution in [3.8, 4) is 5.75 Å². The molecule has 2 saturated heterocycles. The highest BCUT2D eigenvalue weighted by atomic mass is 32.1. The first-order chi connectivity index (χ1) is 11.7. The molecule has 2 aliphatic heterocycles. The summed E-state index contributed by atoms with van der Waals surface area (Å²) in [7, 11) is 0. The van der Waals surface area contributed by atoms with E-state index in [1.807, 2.05) is 23.8 Å². The molecule has 0 amide bonds. The van der Waals surface area contributed by atoms with Gasteiger partial charge in [0, 0.05) is 42.8 Å². The molecule has 128 valence electrons. The molecule has 2 fully saturated rings. The Morgan fingerprint density at radius 1 is 1.42 bits per heavy atom. The number of ether oxygens (including phenoxy) is 2. The lowest BCUT2D eigenvalue weighted by Gasteiger charge is -2.33. The smallest absolute Gasteiger partial charge is 0.137 e. The Kier molecular flexibility index (Phi) is 4.52. The molecule has 0 N–H and O–H groups in total. The molecule has 2 aromatic heterocycles. The molecule has 24 heavy (non-hydrogen) atoms.